The van der Waals surface area contributed by atoms with E-state index in [0.29, 0.717) is 0 Å². The maximum absolute atomic E-state index is 4.99. The van der Waals surface area contributed by atoms with Crippen molar-refractivity contribution in [2.45, 2.75) is 39.2 Å². The van der Waals surface area contributed by atoms with E-state index in [9.17, 15) is 0 Å². The lowest BCUT2D eigenvalue weighted by molar-refractivity contribution is 0.112. The number of aryl methyl sites for hydroxylation is 1. The molecule has 4 nitrogen and oxygen atoms in total. The summed E-state index contributed by atoms with van der Waals surface area (Å²) in [6.45, 7) is 9.13. The average Bonchev–Trinajstić information content (AvgIpc) is 3.38. The normalized spacial score (nSPS) is 19.3. The van der Waals surface area contributed by atoms with E-state index in [1.807, 2.05) is 0 Å². The van der Waals surface area contributed by atoms with Crippen LogP contribution >= 0.6 is 0 Å². The van der Waals surface area contributed by atoms with Crippen LogP contribution in [0.2, 0.25) is 0 Å². The largest absolute Gasteiger partial charge is 0.302 e. The van der Waals surface area contributed by atoms with Crippen LogP contribution in [0.4, 0.5) is 0 Å². The molecule has 1 aromatic carbocycles. The van der Waals surface area contributed by atoms with E-state index in [1.54, 1.807) is 0 Å². The summed E-state index contributed by atoms with van der Waals surface area (Å²) in [7, 11) is 0. The first-order valence-electron chi connectivity index (χ1n) is 11.2. The first-order valence-corrected chi connectivity index (χ1v) is 11.2. The molecular weight excluding hydrogens is 356 g/mol. The molecule has 4 heteroatoms. The summed E-state index contributed by atoms with van der Waals surface area (Å²) in [4.78, 5) is 10.3. The second-order valence-electron chi connectivity index (χ2n) is 8.93. The number of pyridine rings is 1. The molecule has 1 saturated carbocycles. The Labute approximate surface area is 174 Å². The van der Waals surface area contributed by atoms with E-state index in [-0.39, 0.29) is 0 Å². The lowest BCUT2D eigenvalue weighted by atomic mass is 10.1. The molecule has 3 aromatic rings. The topological polar surface area (TPSA) is 23.8 Å². The molecule has 2 aliphatic rings. The van der Waals surface area contributed by atoms with Crippen LogP contribution in [-0.4, -0.2) is 51.9 Å². The fourth-order valence-corrected chi connectivity index (χ4v) is 5.04. The van der Waals surface area contributed by atoms with Crippen LogP contribution in [-0.2, 0) is 6.54 Å². The highest BCUT2D eigenvalue weighted by Crippen LogP contribution is 2.28. The summed E-state index contributed by atoms with van der Waals surface area (Å²) >= 11 is 0. The minimum Gasteiger partial charge on any atom is -0.302 e. The van der Waals surface area contributed by atoms with Crippen LogP contribution in [0.15, 0.2) is 48.7 Å². The number of piperazine rings is 1. The zero-order valence-electron chi connectivity index (χ0n) is 17.6. The summed E-state index contributed by atoms with van der Waals surface area (Å²) in [5.74, 6) is 0.952. The van der Waals surface area contributed by atoms with Crippen LogP contribution in [0, 0.1) is 12.8 Å². The zero-order chi connectivity index (χ0) is 19.6. The average molecular weight is 389 g/mol. The van der Waals surface area contributed by atoms with E-state index < -0.39 is 0 Å². The van der Waals surface area contributed by atoms with Crippen molar-refractivity contribution < 1.29 is 0 Å². The SMILES string of the molecule is Cc1ccc(-c2nc3ccccn3c2CN2CCN(CC3CCCC3)CC2)cc1. The number of benzene rings is 1. The van der Waals surface area contributed by atoms with E-state index in [1.165, 1.54) is 62.1 Å². The van der Waals surface area contributed by atoms with Crippen molar-refractivity contribution >= 4 is 5.65 Å². The molecule has 1 aliphatic carbocycles. The first kappa shape index (κ1) is 18.8. The summed E-state index contributed by atoms with van der Waals surface area (Å²) < 4.78 is 2.28. The first-order chi connectivity index (χ1) is 14.3. The quantitative estimate of drug-likeness (QED) is 0.637. The maximum Gasteiger partial charge on any atom is 0.137 e. The van der Waals surface area contributed by atoms with Crippen LogP contribution in [0.3, 0.4) is 0 Å². The number of aromatic nitrogens is 2. The minimum atomic E-state index is 0.952. The Morgan fingerprint density at radius 2 is 1.62 bits per heavy atom. The van der Waals surface area contributed by atoms with Crippen LogP contribution in [0.25, 0.3) is 16.9 Å². The Kier molecular flexibility index (Phi) is 5.38. The van der Waals surface area contributed by atoms with Gasteiger partial charge in [0, 0.05) is 51.0 Å². The fraction of sp³-hybridized carbons (Fsp3) is 0.480. The van der Waals surface area contributed by atoms with Crippen molar-refractivity contribution in [2.75, 3.05) is 32.7 Å². The highest BCUT2D eigenvalue weighted by molar-refractivity contribution is 5.66. The zero-order valence-corrected chi connectivity index (χ0v) is 17.6. The van der Waals surface area contributed by atoms with Crippen LogP contribution in [0.1, 0.15) is 36.9 Å². The van der Waals surface area contributed by atoms with E-state index in [2.05, 4.69) is 69.8 Å². The van der Waals surface area contributed by atoms with Crippen molar-refractivity contribution in [1.82, 2.24) is 19.2 Å². The number of hydrogen-bond donors (Lipinski definition) is 0. The predicted molar refractivity (Wildman–Crippen MR) is 119 cm³/mol. The minimum absolute atomic E-state index is 0.952. The Balaban J connectivity index is 1.33. The second-order valence-corrected chi connectivity index (χ2v) is 8.93. The third-order valence-electron chi connectivity index (χ3n) is 6.78. The molecule has 0 spiro atoms. The number of nitrogens with zero attached hydrogens (tertiary/aromatic N) is 4. The molecule has 0 bridgehead atoms. The van der Waals surface area contributed by atoms with Gasteiger partial charge in [-0.25, -0.2) is 4.98 Å². The van der Waals surface area contributed by atoms with Gasteiger partial charge in [-0.3, -0.25) is 4.90 Å². The third-order valence-corrected chi connectivity index (χ3v) is 6.78. The molecule has 2 fully saturated rings. The summed E-state index contributed by atoms with van der Waals surface area (Å²) in [5, 5.41) is 0. The number of fused-ring (bicyclic) bond motifs is 1. The Morgan fingerprint density at radius 3 is 2.38 bits per heavy atom. The van der Waals surface area contributed by atoms with Crippen LogP contribution in [0.5, 0.6) is 0 Å². The van der Waals surface area contributed by atoms with Gasteiger partial charge in [0.05, 0.1) is 11.4 Å². The van der Waals surface area contributed by atoms with Crippen molar-refractivity contribution in [1.29, 1.82) is 0 Å². The van der Waals surface area contributed by atoms with Gasteiger partial charge >= 0.3 is 0 Å². The maximum atomic E-state index is 4.99. The lowest BCUT2D eigenvalue weighted by Gasteiger charge is -2.36. The summed E-state index contributed by atoms with van der Waals surface area (Å²) in [5.41, 5.74) is 5.99. The molecule has 0 unspecified atom stereocenters. The number of hydrogen-bond acceptors (Lipinski definition) is 3. The molecule has 0 radical (unpaired) electrons. The molecule has 0 atom stereocenters. The molecule has 5 rings (SSSR count). The van der Waals surface area contributed by atoms with Crippen molar-refractivity contribution in [3.05, 3.63) is 59.9 Å². The van der Waals surface area contributed by atoms with Crippen LogP contribution < -0.4 is 0 Å². The fourth-order valence-electron chi connectivity index (χ4n) is 5.04. The molecule has 0 amide bonds. The van der Waals surface area contributed by atoms with Gasteiger partial charge in [-0.1, -0.05) is 48.7 Å². The molecule has 29 heavy (non-hydrogen) atoms. The highest BCUT2D eigenvalue weighted by Gasteiger charge is 2.24. The lowest BCUT2D eigenvalue weighted by Crippen LogP contribution is -2.47. The van der Waals surface area contributed by atoms with Crippen molar-refractivity contribution in [3.63, 3.8) is 0 Å². The second kappa shape index (κ2) is 8.29. The monoisotopic (exact) mass is 388 g/mol. The third kappa shape index (κ3) is 4.10. The van der Waals surface area contributed by atoms with E-state index >= 15 is 0 Å². The van der Waals surface area contributed by atoms with Gasteiger partial charge in [-0.2, -0.15) is 0 Å². The highest BCUT2D eigenvalue weighted by atomic mass is 15.3. The van der Waals surface area contributed by atoms with Gasteiger partial charge in [-0.05, 0) is 37.8 Å². The Hall–Kier alpha value is -2.17. The molecule has 0 N–H and O–H groups in total. The smallest absolute Gasteiger partial charge is 0.137 e. The van der Waals surface area contributed by atoms with E-state index in [0.717, 1.165) is 36.9 Å². The summed E-state index contributed by atoms with van der Waals surface area (Å²) in [6, 6.07) is 15.1. The molecule has 152 valence electrons. The predicted octanol–water partition coefficient (Wildman–Crippen LogP) is 4.62. The van der Waals surface area contributed by atoms with Crippen molar-refractivity contribution in [2.24, 2.45) is 5.92 Å². The molecule has 1 aliphatic heterocycles. The van der Waals surface area contributed by atoms with Gasteiger partial charge in [0.1, 0.15) is 5.65 Å². The Morgan fingerprint density at radius 1 is 0.897 bits per heavy atom. The van der Waals surface area contributed by atoms with E-state index in [4.69, 9.17) is 4.98 Å². The van der Waals surface area contributed by atoms with Gasteiger partial charge in [-0.15, -0.1) is 0 Å². The molecule has 3 heterocycles. The van der Waals surface area contributed by atoms with Gasteiger partial charge in [0.2, 0.25) is 0 Å². The van der Waals surface area contributed by atoms with Gasteiger partial charge in [0.25, 0.3) is 0 Å². The number of rotatable bonds is 5. The molecular formula is C25H32N4. The van der Waals surface area contributed by atoms with Gasteiger partial charge in [0.15, 0.2) is 0 Å². The standard InChI is InChI=1S/C25H32N4/c1-20-9-11-22(12-10-20)25-23(29-13-5-4-8-24(29)26-25)19-28-16-14-27(15-17-28)18-21-6-2-3-7-21/h4-5,8-13,21H,2-3,6-7,14-19H2,1H3. The van der Waals surface area contributed by atoms with Crippen molar-refractivity contribution in [3.8, 4) is 11.3 Å². The Bertz CT molecular complexity index is 945. The number of imidazole rings is 1. The molecule has 1 saturated heterocycles. The molecule has 2 aromatic heterocycles. The van der Waals surface area contributed by atoms with Gasteiger partial charge < -0.3 is 9.30 Å². The summed E-state index contributed by atoms with van der Waals surface area (Å²) in [6.07, 6.45) is 7.94.